The summed E-state index contributed by atoms with van der Waals surface area (Å²) >= 11 is 3.53. The molecule has 0 aliphatic heterocycles. The van der Waals surface area contributed by atoms with E-state index in [-0.39, 0.29) is 12.4 Å². The lowest BCUT2D eigenvalue weighted by atomic mass is 10.2. The second-order valence-electron chi connectivity index (χ2n) is 4.69. The topological polar surface area (TPSA) is 33.7 Å². The van der Waals surface area contributed by atoms with Gasteiger partial charge in [0.15, 0.2) is 11.5 Å². The Balaban J connectivity index is 0.00000400. The molecule has 0 aliphatic carbocycles. The van der Waals surface area contributed by atoms with Gasteiger partial charge in [0.05, 0.1) is 11.6 Å². The molecule has 0 bridgehead atoms. The number of benzene rings is 1. The van der Waals surface area contributed by atoms with E-state index in [9.17, 15) is 0 Å². The largest absolute Gasteiger partial charge is 0.493 e. The van der Waals surface area contributed by atoms with Crippen molar-refractivity contribution in [2.24, 2.45) is 0 Å². The summed E-state index contributed by atoms with van der Waals surface area (Å²) in [5.41, 5.74) is 1.15. The van der Waals surface area contributed by atoms with Gasteiger partial charge in [-0.3, -0.25) is 0 Å². The van der Waals surface area contributed by atoms with Crippen molar-refractivity contribution in [2.45, 2.75) is 6.54 Å². The fourth-order valence-electron chi connectivity index (χ4n) is 1.69. The third kappa shape index (κ3) is 7.18. The lowest BCUT2D eigenvalue weighted by molar-refractivity contribution is 0.324. The number of hydrogen-bond donors (Lipinski definition) is 1. The Hall–Kier alpha value is -0.750. The van der Waals surface area contributed by atoms with Crippen LogP contribution >= 0.6 is 28.3 Å². The number of nitrogens with zero attached hydrogens (tertiary/aromatic N) is 1. The van der Waals surface area contributed by atoms with Gasteiger partial charge in [0.25, 0.3) is 0 Å². The summed E-state index contributed by atoms with van der Waals surface area (Å²) in [7, 11) is 5.77. The van der Waals surface area contributed by atoms with E-state index in [2.05, 4.69) is 46.8 Å². The minimum absolute atomic E-state index is 0. The van der Waals surface area contributed by atoms with Crippen molar-refractivity contribution in [2.75, 3.05) is 40.9 Å². The minimum atomic E-state index is 0. The SMILES string of the molecule is C=CCOc1c(Br)cc(CNCCN(C)C)cc1OC.Cl. The Bertz CT molecular complexity index is 442. The van der Waals surface area contributed by atoms with E-state index >= 15 is 0 Å². The van der Waals surface area contributed by atoms with Crippen molar-refractivity contribution >= 4 is 28.3 Å². The van der Waals surface area contributed by atoms with Gasteiger partial charge in [-0.2, -0.15) is 0 Å². The summed E-state index contributed by atoms with van der Waals surface area (Å²) in [6, 6.07) is 4.04. The summed E-state index contributed by atoms with van der Waals surface area (Å²) in [5, 5.41) is 3.40. The van der Waals surface area contributed by atoms with Gasteiger partial charge in [0.1, 0.15) is 6.61 Å². The summed E-state index contributed by atoms with van der Waals surface area (Å²) in [5.74, 6) is 1.44. The van der Waals surface area contributed by atoms with Crippen molar-refractivity contribution in [3.8, 4) is 11.5 Å². The maximum Gasteiger partial charge on any atom is 0.175 e. The molecule has 21 heavy (non-hydrogen) atoms. The van der Waals surface area contributed by atoms with Crippen LogP contribution in [0.2, 0.25) is 0 Å². The molecular weight excluding hydrogens is 356 g/mol. The van der Waals surface area contributed by atoms with Crippen LogP contribution in [0.1, 0.15) is 5.56 Å². The molecule has 120 valence electrons. The highest BCUT2D eigenvalue weighted by molar-refractivity contribution is 9.10. The molecule has 1 aromatic rings. The summed E-state index contributed by atoms with van der Waals surface area (Å²) in [4.78, 5) is 2.15. The molecule has 0 atom stereocenters. The van der Waals surface area contributed by atoms with E-state index in [4.69, 9.17) is 9.47 Å². The number of rotatable bonds is 9. The van der Waals surface area contributed by atoms with E-state index in [1.54, 1.807) is 13.2 Å². The molecule has 0 heterocycles. The van der Waals surface area contributed by atoms with Gasteiger partial charge in [-0.15, -0.1) is 12.4 Å². The third-order valence-corrected chi connectivity index (χ3v) is 3.29. The first-order valence-corrected chi connectivity index (χ1v) is 7.33. The van der Waals surface area contributed by atoms with E-state index in [0.717, 1.165) is 35.4 Å². The van der Waals surface area contributed by atoms with Crippen molar-refractivity contribution < 1.29 is 9.47 Å². The predicted molar refractivity (Wildman–Crippen MR) is 93.9 cm³/mol. The zero-order chi connectivity index (χ0) is 15.0. The Labute approximate surface area is 142 Å². The van der Waals surface area contributed by atoms with E-state index < -0.39 is 0 Å². The highest BCUT2D eigenvalue weighted by atomic mass is 79.9. The highest BCUT2D eigenvalue weighted by Gasteiger charge is 2.11. The zero-order valence-corrected chi connectivity index (χ0v) is 15.2. The Morgan fingerprint density at radius 2 is 2.10 bits per heavy atom. The van der Waals surface area contributed by atoms with Crippen molar-refractivity contribution in [3.05, 3.63) is 34.8 Å². The molecule has 1 rings (SSSR count). The number of ether oxygens (including phenoxy) is 2. The van der Waals surface area contributed by atoms with Crippen LogP contribution < -0.4 is 14.8 Å². The summed E-state index contributed by atoms with van der Waals surface area (Å²) in [6.07, 6.45) is 1.71. The monoisotopic (exact) mass is 378 g/mol. The van der Waals surface area contributed by atoms with E-state index in [1.165, 1.54) is 0 Å². The molecule has 0 fully saturated rings. The fraction of sp³-hybridized carbons (Fsp3) is 0.467. The normalized spacial score (nSPS) is 10.1. The molecular formula is C15H24BrClN2O2. The first kappa shape index (κ1) is 20.2. The zero-order valence-electron chi connectivity index (χ0n) is 12.8. The molecule has 0 spiro atoms. The first-order chi connectivity index (χ1) is 9.58. The van der Waals surface area contributed by atoms with Crippen molar-refractivity contribution in [1.29, 1.82) is 0 Å². The predicted octanol–water partition coefficient (Wildman–Crippen LogP) is 3.10. The first-order valence-electron chi connectivity index (χ1n) is 6.54. The van der Waals surface area contributed by atoms with Gasteiger partial charge >= 0.3 is 0 Å². The number of methoxy groups -OCH3 is 1. The van der Waals surface area contributed by atoms with Crippen LogP contribution in [-0.4, -0.2) is 45.8 Å². The van der Waals surface area contributed by atoms with E-state index in [0.29, 0.717) is 12.4 Å². The van der Waals surface area contributed by atoms with E-state index in [1.807, 2.05) is 12.1 Å². The van der Waals surface area contributed by atoms with Gasteiger partial charge in [-0.1, -0.05) is 12.7 Å². The van der Waals surface area contributed by atoms with Crippen LogP contribution in [0.5, 0.6) is 11.5 Å². The van der Waals surface area contributed by atoms with Crippen LogP contribution in [0.3, 0.4) is 0 Å². The summed E-state index contributed by atoms with van der Waals surface area (Å²) < 4.78 is 11.9. The molecule has 1 aromatic carbocycles. The second kappa shape index (κ2) is 10.9. The van der Waals surface area contributed by atoms with Gasteiger partial charge in [-0.05, 0) is 47.7 Å². The second-order valence-corrected chi connectivity index (χ2v) is 5.54. The van der Waals surface area contributed by atoms with Crippen molar-refractivity contribution in [1.82, 2.24) is 10.2 Å². The number of likely N-dealkylation sites (N-methyl/N-ethyl adjacent to an activating group) is 1. The molecule has 0 saturated carbocycles. The van der Waals surface area contributed by atoms with Crippen LogP contribution in [0.25, 0.3) is 0 Å². The Morgan fingerprint density at radius 3 is 2.67 bits per heavy atom. The van der Waals surface area contributed by atoms with Crippen LogP contribution in [-0.2, 0) is 6.54 Å². The molecule has 0 radical (unpaired) electrons. The van der Waals surface area contributed by atoms with Gasteiger partial charge in [0.2, 0.25) is 0 Å². The van der Waals surface area contributed by atoms with Crippen molar-refractivity contribution in [3.63, 3.8) is 0 Å². The third-order valence-electron chi connectivity index (χ3n) is 2.70. The summed E-state index contributed by atoms with van der Waals surface area (Å²) in [6.45, 7) is 6.86. The molecule has 4 nitrogen and oxygen atoms in total. The number of hydrogen-bond acceptors (Lipinski definition) is 4. The maximum absolute atomic E-state index is 5.60. The standard InChI is InChI=1S/C15H23BrN2O2.ClH/c1-5-8-20-15-13(16)9-12(10-14(15)19-4)11-17-6-7-18(2)3;/h5,9-10,17H,1,6-8,11H2,2-4H3;1H. The van der Waals surface area contributed by atoms with Gasteiger partial charge < -0.3 is 19.7 Å². The molecule has 0 unspecified atom stereocenters. The van der Waals surface area contributed by atoms with Crippen LogP contribution in [0, 0.1) is 0 Å². The number of nitrogens with one attached hydrogen (secondary N) is 1. The molecule has 0 aromatic heterocycles. The maximum atomic E-state index is 5.60. The molecule has 0 amide bonds. The Morgan fingerprint density at radius 1 is 1.38 bits per heavy atom. The molecule has 6 heteroatoms. The lowest BCUT2D eigenvalue weighted by Crippen LogP contribution is -2.26. The molecule has 1 N–H and O–H groups in total. The average molecular weight is 380 g/mol. The van der Waals surface area contributed by atoms with Gasteiger partial charge in [-0.25, -0.2) is 0 Å². The molecule has 0 saturated heterocycles. The van der Waals surface area contributed by atoms with Gasteiger partial charge in [0, 0.05) is 19.6 Å². The minimum Gasteiger partial charge on any atom is -0.493 e. The van der Waals surface area contributed by atoms with Crippen LogP contribution in [0.4, 0.5) is 0 Å². The smallest absolute Gasteiger partial charge is 0.175 e. The Kier molecular flexibility index (Phi) is 10.5. The highest BCUT2D eigenvalue weighted by Crippen LogP contribution is 2.36. The lowest BCUT2D eigenvalue weighted by Gasteiger charge is -2.14. The number of halogens is 2. The quantitative estimate of drug-likeness (QED) is 0.528. The molecule has 0 aliphatic rings. The fourth-order valence-corrected chi connectivity index (χ4v) is 2.30. The average Bonchev–Trinajstić information content (AvgIpc) is 2.41. The van der Waals surface area contributed by atoms with Crippen LogP contribution in [0.15, 0.2) is 29.3 Å².